The molecule has 1 fully saturated rings. The third-order valence-corrected chi connectivity index (χ3v) is 3.17. The third-order valence-electron chi connectivity index (χ3n) is 3.17. The summed E-state index contributed by atoms with van der Waals surface area (Å²) in [7, 11) is 0. The number of urea groups is 1. The lowest BCUT2D eigenvalue weighted by molar-refractivity contribution is 0.152. The summed E-state index contributed by atoms with van der Waals surface area (Å²) >= 11 is 0. The second-order valence-electron chi connectivity index (χ2n) is 4.44. The highest BCUT2D eigenvalue weighted by Gasteiger charge is 2.25. The maximum absolute atomic E-state index is 11.9. The SMILES string of the molecule is CCCCNC(=O)N(CCO)C1CCCC1. The molecule has 94 valence electrons. The maximum Gasteiger partial charge on any atom is 0.317 e. The first-order chi connectivity index (χ1) is 7.79. The molecule has 0 bridgehead atoms. The fraction of sp³-hybridized carbons (Fsp3) is 0.917. The Labute approximate surface area is 98.0 Å². The van der Waals surface area contributed by atoms with Gasteiger partial charge in [0.05, 0.1) is 6.61 Å². The fourth-order valence-corrected chi connectivity index (χ4v) is 2.25. The minimum absolute atomic E-state index is 0.00519. The molecule has 1 rings (SSSR count). The second-order valence-corrected chi connectivity index (χ2v) is 4.44. The van der Waals surface area contributed by atoms with Gasteiger partial charge in [0.1, 0.15) is 0 Å². The van der Waals surface area contributed by atoms with Crippen molar-refractivity contribution in [3.63, 3.8) is 0 Å². The first-order valence-corrected chi connectivity index (χ1v) is 6.45. The number of nitrogens with zero attached hydrogens (tertiary/aromatic N) is 1. The van der Waals surface area contributed by atoms with Crippen molar-refractivity contribution in [2.45, 2.75) is 51.5 Å². The zero-order chi connectivity index (χ0) is 11.8. The van der Waals surface area contributed by atoms with Gasteiger partial charge in [-0.3, -0.25) is 0 Å². The van der Waals surface area contributed by atoms with Gasteiger partial charge in [-0.25, -0.2) is 4.79 Å². The molecule has 0 aromatic rings. The number of rotatable bonds is 6. The molecule has 0 aliphatic heterocycles. The van der Waals surface area contributed by atoms with Gasteiger partial charge in [-0.2, -0.15) is 0 Å². The van der Waals surface area contributed by atoms with Gasteiger partial charge in [0.15, 0.2) is 0 Å². The summed E-state index contributed by atoms with van der Waals surface area (Å²) in [6, 6.07) is 0.336. The largest absolute Gasteiger partial charge is 0.395 e. The molecule has 2 N–H and O–H groups in total. The molecule has 4 nitrogen and oxygen atoms in total. The number of hydrogen-bond donors (Lipinski definition) is 2. The maximum atomic E-state index is 11.9. The summed E-state index contributed by atoms with van der Waals surface area (Å²) in [5.41, 5.74) is 0. The summed E-state index contributed by atoms with van der Waals surface area (Å²) in [6.45, 7) is 3.36. The number of carbonyl (C=O) groups is 1. The van der Waals surface area contributed by atoms with E-state index in [2.05, 4.69) is 12.2 Å². The number of unbranched alkanes of at least 4 members (excludes halogenated alkanes) is 1. The zero-order valence-electron chi connectivity index (χ0n) is 10.2. The van der Waals surface area contributed by atoms with Crippen LogP contribution in [0.4, 0.5) is 4.79 Å². The van der Waals surface area contributed by atoms with Crippen molar-refractivity contribution in [2.75, 3.05) is 19.7 Å². The van der Waals surface area contributed by atoms with Crippen molar-refractivity contribution in [1.82, 2.24) is 10.2 Å². The fourth-order valence-electron chi connectivity index (χ4n) is 2.25. The van der Waals surface area contributed by atoms with Crippen LogP contribution < -0.4 is 5.32 Å². The summed E-state index contributed by atoms with van der Waals surface area (Å²) in [4.78, 5) is 13.7. The predicted molar refractivity (Wildman–Crippen MR) is 64.4 cm³/mol. The van der Waals surface area contributed by atoms with E-state index in [1.165, 1.54) is 12.8 Å². The molecule has 1 saturated carbocycles. The van der Waals surface area contributed by atoms with Crippen LogP contribution in [0.15, 0.2) is 0 Å². The quantitative estimate of drug-likeness (QED) is 0.680. The van der Waals surface area contributed by atoms with E-state index in [9.17, 15) is 4.79 Å². The second kappa shape index (κ2) is 7.49. The van der Waals surface area contributed by atoms with Gasteiger partial charge >= 0.3 is 6.03 Å². The summed E-state index contributed by atoms with van der Waals surface area (Å²) in [5.74, 6) is 0. The molecule has 1 aliphatic rings. The number of nitrogens with one attached hydrogen (secondary N) is 1. The Morgan fingerprint density at radius 1 is 1.44 bits per heavy atom. The Bertz CT molecular complexity index is 203. The number of aliphatic hydroxyl groups excluding tert-OH is 1. The molecule has 2 amide bonds. The summed E-state index contributed by atoms with van der Waals surface area (Å²) < 4.78 is 0. The van der Waals surface area contributed by atoms with Gasteiger partial charge in [0, 0.05) is 19.1 Å². The predicted octanol–water partition coefficient (Wildman–Crippen LogP) is 1.73. The van der Waals surface area contributed by atoms with E-state index < -0.39 is 0 Å². The molecule has 0 saturated heterocycles. The van der Waals surface area contributed by atoms with Crippen molar-refractivity contribution in [2.24, 2.45) is 0 Å². The minimum Gasteiger partial charge on any atom is -0.395 e. The Morgan fingerprint density at radius 3 is 2.69 bits per heavy atom. The van der Waals surface area contributed by atoms with Crippen molar-refractivity contribution < 1.29 is 9.90 Å². The highest BCUT2D eigenvalue weighted by Crippen LogP contribution is 2.23. The van der Waals surface area contributed by atoms with E-state index in [1.807, 2.05) is 4.90 Å². The Morgan fingerprint density at radius 2 is 2.12 bits per heavy atom. The van der Waals surface area contributed by atoms with E-state index in [0.29, 0.717) is 12.6 Å². The lowest BCUT2D eigenvalue weighted by atomic mass is 10.2. The summed E-state index contributed by atoms with van der Waals surface area (Å²) in [5, 5.41) is 11.9. The molecule has 0 radical (unpaired) electrons. The molecule has 0 heterocycles. The van der Waals surface area contributed by atoms with Crippen molar-refractivity contribution in [3.05, 3.63) is 0 Å². The number of hydrogen-bond acceptors (Lipinski definition) is 2. The molecule has 0 atom stereocenters. The van der Waals surface area contributed by atoms with Gasteiger partial charge < -0.3 is 15.3 Å². The van der Waals surface area contributed by atoms with E-state index >= 15 is 0 Å². The minimum atomic E-state index is -0.00519. The molecule has 4 heteroatoms. The Hall–Kier alpha value is -0.770. The van der Waals surface area contributed by atoms with Crippen molar-refractivity contribution in [1.29, 1.82) is 0 Å². The number of carbonyl (C=O) groups excluding carboxylic acids is 1. The van der Waals surface area contributed by atoms with Crippen LogP contribution in [-0.4, -0.2) is 41.8 Å². The monoisotopic (exact) mass is 228 g/mol. The molecule has 1 aliphatic carbocycles. The average Bonchev–Trinajstić information content (AvgIpc) is 2.79. The number of aliphatic hydroxyl groups is 1. The van der Waals surface area contributed by atoms with Crippen molar-refractivity contribution >= 4 is 6.03 Å². The van der Waals surface area contributed by atoms with Gasteiger partial charge in [0.25, 0.3) is 0 Å². The molecule has 0 spiro atoms. The van der Waals surface area contributed by atoms with Gasteiger partial charge in [0.2, 0.25) is 0 Å². The molecular weight excluding hydrogens is 204 g/mol. The van der Waals surface area contributed by atoms with E-state index in [-0.39, 0.29) is 12.6 Å². The zero-order valence-corrected chi connectivity index (χ0v) is 10.2. The average molecular weight is 228 g/mol. The molecule has 16 heavy (non-hydrogen) atoms. The number of amides is 2. The highest BCUT2D eigenvalue weighted by molar-refractivity contribution is 5.74. The Kier molecular flexibility index (Phi) is 6.23. The van der Waals surface area contributed by atoms with Crippen molar-refractivity contribution in [3.8, 4) is 0 Å². The van der Waals surface area contributed by atoms with E-state index in [1.54, 1.807) is 0 Å². The lowest BCUT2D eigenvalue weighted by Gasteiger charge is -2.28. The third kappa shape index (κ3) is 4.00. The van der Waals surface area contributed by atoms with Crippen LogP contribution in [0.2, 0.25) is 0 Å². The highest BCUT2D eigenvalue weighted by atomic mass is 16.3. The van der Waals surface area contributed by atoms with Gasteiger partial charge in [-0.1, -0.05) is 26.2 Å². The van der Waals surface area contributed by atoms with Crippen LogP contribution in [0.5, 0.6) is 0 Å². The van der Waals surface area contributed by atoms with E-state index in [4.69, 9.17) is 5.11 Å². The van der Waals surface area contributed by atoms with Gasteiger partial charge in [-0.15, -0.1) is 0 Å². The summed E-state index contributed by atoms with van der Waals surface area (Å²) in [6.07, 6.45) is 6.68. The lowest BCUT2D eigenvalue weighted by Crippen LogP contribution is -2.46. The first-order valence-electron chi connectivity index (χ1n) is 6.45. The normalized spacial score (nSPS) is 16.4. The van der Waals surface area contributed by atoms with Crippen LogP contribution in [0.1, 0.15) is 45.4 Å². The Balaban J connectivity index is 2.38. The molecule has 0 unspecified atom stereocenters. The van der Waals surface area contributed by atoms with E-state index in [0.717, 1.165) is 32.2 Å². The van der Waals surface area contributed by atoms with Crippen LogP contribution in [0.3, 0.4) is 0 Å². The van der Waals surface area contributed by atoms with Crippen LogP contribution in [0, 0.1) is 0 Å². The van der Waals surface area contributed by atoms with Crippen LogP contribution >= 0.6 is 0 Å². The van der Waals surface area contributed by atoms with Crippen LogP contribution in [0.25, 0.3) is 0 Å². The smallest absolute Gasteiger partial charge is 0.317 e. The van der Waals surface area contributed by atoms with Gasteiger partial charge in [-0.05, 0) is 19.3 Å². The first kappa shape index (κ1) is 13.3. The van der Waals surface area contributed by atoms with Crippen LogP contribution in [-0.2, 0) is 0 Å². The standard InChI is InChI=1S/C12H24N2O2/c1-2-3-8-13-12(16)14(9-10-15)11-6-4-5-7-11/h11,15H,2-10H2,1H3,(H,13,16). The molecule has 0 aromatic carbocycles. The molecular formula is C12H24N2O2. The topological polar surface area (TPSA) is 52.6 Å². The molecule has 0 aromatic heterocycles.